The van der Waals surface area contributed by atoms with Crippen molar-refractivity contribution in [1.29, 1.82) is 0 Å². The fraction of sp³-hybridized carbons (Fsp3) is 0.480. The van der Waals surface area contributed by atoms with Crippen LogP contribution in [0.3, 0.4) is 0 Å². The first kappa shape index (κ1) is 27.9. The summed E-state index contributed by atoms with van der Waals surface area (Å²) >= 11 is 3.43. The van der Waals surface area contributed by atoms with Crippen LogP contribution < -0.4 is 15.1 Å². The van der Waals surface area contributed by atoms with E-state index in [4.69, 9.17) is 0 Å². The Morgan fingerprint density at radius 1 is 1.14 bits per heavy atom. The summed E-state index contributed by atoms with van der Waals surface area (Å²) in [7, 11) is -3.90. The molecule has 0 saturated carbocycles. The Kier molecular flexibility index (Phi) is 10.4. The van der Waals surface area contributed by atoms with Gasteiger partial charge in [0.2, 0.25) is 0 Å². The Hall–Kier alpha value is -1.72. The van der Waals surface area contributed by atoms with Gasteiger partial charge in [-0.15, -0.1) is 11.8 Å². The van der Waals surface area contributed by atoms with Crippen LogP contribution >= 0.6 is 23.7 Å². The summed E-state index contributed by atoms with van der Waals surface area (Å²) in [6.45, 7) is 5.79. The molecule has 3 rings (SSSR count). The number of thioether (sulfide) groups is 1. The lowest BCUT2D eigenvalue weighted by molar-refractivity contribution is -0.132. The van der Waals surface area contributed by atoms with Gasteiger partial charge in [-0.3, -0.25) is 15.3 Å². The summed E-state index contributed by atoms with van der Waals surface area (Å²) in [4.78, 5) is 13.4. The number of nitrogens with one attached hydrogen (secondary N) is 2. The molecule has 3 N–H and O–H groups in total. The standard InChI is InChI=1S/C25H35N3O4S3/c1-4-5-6-10-15-34-28-17-33-22-16-20(13-14-21(22)28)35(31,32)25(19-11-8-7-9-12-19)26-23(18(2)3)24(29)27-30/h7-9,11-14,16,18,23,25-26,30H,4-6,10,15,17H2,1-3H3,(H,27,29)/t23-,25?/m1/s1. The van der Waals surface area contributed by atoms with Crippen LogP contribution in [0.4, 0.5) is 5.69 Å². The molecule has 1 aliphatic rings. The first-order chi connectivity index (χ1) is 16.8. The van der Waals surface area contributed by atoms with Crippen LogP contribution in [0.1, 0.15) is 57.4 Å². The maximum absolute atomic E-state index is 13.9. The van der Waals surface area contributed by atoms with E-state index in [9.17, 15) is 18.4 Å². The van der Waals surface area contributed by atoms with Gasteiger partial charge in [-0.05, 0) is 48.0 Å². The molecule has 35 heavy (non-hydrogen) atoms. The maximum atomic E-state index is 13.9. The summed E-state index contributed by atoms with van der Waals surface area (Å²) in [5.41, 5.74) is 3.22. The number of unbranched alkanes of at least 4 members (excludes halogenated alkanes) is 3. The number of carbonyl (C=O) groups is 1. The van der Waals surface area contributed by atoms with E-state index >= 15 is 0 Å². The first-order valence-electron chi connectivity index (χ1n) is 12.0. The minimum Gasteiger partial charge on any atom is -0.305 e. The highest BCUT2D eigenvalue weighted by molar-refractivity contribution is 8.04. The van der Waals surface area contributed by atoms with Crippen molar-refractivity contribution in [3.63, 3.8) is 0 Å². The molecule has 2 aromatic carbocycles. The number of hydroxylamine groups is 1. The van der Waals surface area contributed by atoms with Crippen molar-refractivity contribution in [3.8, 4) is 0 Å². The van der Waals surface area contributed by atoms with Gasteiger partial charge in [0.15, 0.2) is 9.84 Å². The number of sulfone groups is 1. The molecule has 1 amide bonds. The summed E-state index contributed by atoms with van der Waals surface area (Å²) in [6.07, 6.45) is 4.87. The molecule has 0 aliphatic carbocycles. The van der Waals surface area contributed by atoms with E-state index in [1.54, 1.807) is 79.4 Å². The first-order valence-corrected chi connectivity index (χ1v) is 15.4. The van der Waals surface area contributed by atoms with Gasteiger partial charge in [-0.1, -0.05) is 70.4 Å². The van der Waals surface area contributed by atoms with Crippen LogP contribution in [0.5, 0.6) is 0 Å². The number of amides is 1. The van der Waals surface area contributed by atoms with Crippen LogP contribution in [0, 0.1) is 5.92 Å². The Morgan fingerprint density at radius 2 is 1.89 bits per heavy atom. The summed E-state index contributed by atoms with van der Waals surface area (Å²) in [5.74, 6) is 0.905. The van der Waals surface area contributed by atoms with E-state index < -0.39 is 27.2 Å². The van der Waals surface area contributed by atoms with E-state index in [0.717, 1.165) is 22.2 Å². The highest BCUT2D eigenvalue weighted by atomic mass is 32.2. The van der Waals surface area contributed by atoms with E-state index in [2.05, 4.69) is 16.5 Å². The Labute approximate surface area is 217 Å². The molecule has 7 nitrogen and oxygen atoms in total. The van der Waals surface area contributed by atoms with Crippen LogP contribution in [0.15, 0.2) is 58.3 Å². The molecule has 2 atom stereocenters. The molecule has 1 heterocycles. The zero-order chi connectivity index (χ0) is 25.4. The Bertz CT molecular complexity index is 1080. The van der Waals surface area contributed by atoms with Crippen LogP contribution in [0.2, 0.25) is 0 Å². The minimum absolute atomic E-state index is 0.201. The molecule has 1 aliphatic heterocycles. The fourth-order valence-electron chi connectivity index (χ4n) is 3.93. The monoisotopic (exact) mass is 537 g/mol. The number of hydrogen-bond donors (Lipinski definition) is 3. The van der Waals surface area contributed by atoms with Gasteiger partial charge in [-0.25, -0.2) is 13.9 Å². The maximum Gasteiger partial charge on any atom is 0.260 e. The Morgan fingerprint density at radius 3 is 2.54 bits per heavy atom. The van der Waals surface area contributed by atoms with Crippen LogP contribution in [0.25, 0.3) is 0 Å². The lowest BCUT2D eigenvalue weighted by Crippen LogP contribution is -2.49. The van der Waals surface area contributed by atoms with Gasteiger partial charge in [-0.2, -0.15) is 0 Å². The summed E-state index contributed by atoms with van der Waals surface area (Å²) in [6, 6.07) is 13.2. The second-order valence-electron chi connectivity index (χ2n) is 8.88. The third kappa shape index (κ3) is 6.95. The largest absolute Gasteiger partial charge is 0.305 e. The SMILES string of the molecule is CCCCCCSN1CSc2cc(S(=O)(=O)C(N[C@@H](C(=O)NO)C(C)C)c3ccccc3)ccc21. The van der Waals surface area contributed by atoms with Crippen molar-refractivity contribution >= 4 is 45.1 Å². The molecule has 1 unspecified atom stereocenters. The molecule has 2 aromatic rings. The quantitative estimate of drug-likeness (QED) is 0.136. The lowest BCUT2D eigenvalue weighted by Gasteiger charge is -2.27. The molecule has 0 saturated heterocycles. The number of rotatable bonds is 13. The van der Waals surface area contributed by atoms with E-state index in [1.165, 1.54) is 25.7 Å². The van der Waals surface area contributed by atoms with Gasteiger partial charge in [0.05, 0.1) is 22.5 Å². The van der Waals surface area contributed by atoms with Gasteiger partial charge in [0, 0.05) is 10.6 Å². The second kappa shape index (κ2) is 13.0. The molecule has 0 fully saturated rings. The molecule has 0 spiro atoms. The minimum atomic E-state index is -3.90. The van der Waals surface area contributed by atoms with Crippen LogP contribution in [-0.2, 0) is 14.6 Å². The van der Waals surface area contributed by atoms with Crippen molar-refractivity contribution in [1.82, 2.24) is 10.8 Å². The van der Waals surface area contributed by atoms with Crippen molar-refractivity contribution in [3.05, 3.63) is 54.1 Å². The average Bonchev–Trinajstić information content (AvgIpc) is 3.26. The molecular formula is C25H35N3O4S3. The predicted octanol–water partition coefficient (Wildman–Crippen LogP) is 5.38. The summed E-state index contributed by atoms with van der Waals surface area (Å²) < 4.78 is 30.0. The number of benzene rings is 2. The third-order valence-corrected chi connectivity index (χ3v) is 10.2. The van der Waals surface area contributed by atoms with Gasteiger partial charge in [0.1, 0.15) is 5.37 Å². The molecule has 192 valence electrons. The van der Waals surface area contributed by atoms with Crippen molar-refractivity contribution in [2.75, 3.05) is 15.9 Å². The van der Waals surface area contributed by atoms with Crippen LogP contribution in [-0.4, -0.2) is 37.2 Å². The number of nitrogens with zero attached hydrogens (tertiary/aromatic N) is 1. The van der Waals surface area contributed by atoms with Gasteiger partial charge >= 0.3 is 0 Å². The van der Waals surface area contributed by atoms with E-state index in [-0.39, 0.29) is 10.8 Å². The van der Waals surface area contributed by atoms with E-state index in [0.29, 0.717) is 5.56 Å². The number of fused-ring (bicyclic) bond motifs is 1. The number of hydrogen-bond acceptors (Lipinski definition) is 8. The third-order valence-electron chi connectivity index (χ3n) is 5.91. The van der Waals surface area contributed by atoms with Crippen molar-refractivity contribution in [2.45, 2.75) is 67.7 Å². The highest BCUT2D eigenvalue weighted by Crippen LogP contribution is 2.44. The Balaban J connectivity index is 1.86. The molecular weight excluding hydrogens is 502 g/mol. The lowest BCUT2D eigenvalue weighted by atomic mass is 10.0. The normalized spacial score (nSPS) is 15.2. The van der Waals surface area contributed by atoms with Gasteiger partial charge in [0.25, 0.3) is 5.91 Å². The molecule has 10 heteroatoms. The smallest absolute Gasteiger partial charge is 0.260 e. The van der Waals surface area contributed by atoms with Gasteiger partial charge < -0.3 is 4.31 Å². The predicted molar refractivity (Wildman–Crippen MR) is 144 cm³/mol. The highest BCUT2D eigenvalue weighted by Gasteiger charge is 2.35. The van der Waals surface area contributed by atoms with Crippen molar-refractivity contribution < 1.29 is 18.4 Å². The average molecular weight is 538 g/mol. The molecule has 0 radical (unpaired) electrons. The van der Waals surface area contributed by atoms with E-state index in [1.807, 2.05) is 12.1 Å². The second-order valence-corrected chi connectivity index (χ2v) is 13.0. The van der Waals surface area contributed by atoms with Crippen molar-refractivity contribution in [2.24, 2.45) is 5.92 Å². The molecule has 0 aromatic heterocycles. The fourth-order valence-corrected chi connectivity index (χ4v) is 7.96. The number of anilines is 1. The zero-order valence-corrected chi connectivity index (χ0v) is 22.9. The topological polar surface area (TPSA) is 98.7 Å². The zero-order valence-electron chi connectivity index (χ0n) is 20.4. The molecule has 0 bridgehead atoms. The number of carbonyl (C=O) groups excluding carboxylic acids is 1. The summed E-state index contributed by atoms with van der Waals surface area (Å²) in [5, 5.41) is 11.0.